The number of hydrogen-bond acceptors (Lipinski definition) is 7. The topological polar surface area (TPSA) is 90.0 Å². The van der Waals surface area contributed by atoms with E-state index in [1.165, 1.54) is 42.3 Å². The maximum absolute atomic E-state index is 12.9. The van der Waals surface area contributed by atoms with Crippen LogP contribution < -0.4 is 8.92 Å². The fraction of sp³-hybridized carbons (Fsp3) is 0.120. The smallest absolute Gasteiger partial charge is 0.339 e. The summed E-state index contributed by atoms with van der Waals surface area (Å²) in [4.78, 5) is 26.8. The quantitative estimate of drug-likeness (QED) is 0.226. The molecule has 3 aromatic rings. The number of imide groups is 1. The van der Waals surface area contributed by atoms with Crippen molar-refractivity contribution >= 4 is 66.6 Å². The van der Waals surface area contributed by atoms with E-state index in [1.807, 2.05) is 31.2 Å². The molecule has 7 nitrogen and oxygen atoms in total. The molecule has 1 heterocycles. The largest absolute Gasteiger partial charge is 0.493 e. The van der Waals surface area contributed by atoms with Crippen molar-refractivity contribution < 1.29 is 26.9 Å². The van der Waals surface area contributed by atoms with Crippen molar-refractivity contribution in [3.63, 3.8) is 0 Å². The highest BCUT2D eigenvalue weighted by molar-refractivity contribution is 9.10. The first-order chi connectivity index (χ1) is 17.1. The third-order valence-corrected chi connectivity index (χ3v) is 8.16. The minimum Gasteiger partial charge on any atom is -0.493 e. The number of benzene rings is 3. The highest BCUT2D eigenvalue weighted by Crippen LogP contribution is 2.40. The molecule has 11 heteroatoms. The van der Waals surface area contributed by atoms with E-state index < -0.39 is 16.0 Å². The zero-order chi connectivity index (χ0) is 26.0. The average molecular weight is 609 g/mol. The van der Waals surface area contributed by atoms with Crippen molar-refractivity contribution in [2.24, 2.45) is 0 Å². The van der Waals surface area contributed by atoms with Crippen molar-refractivity contribution in [3.05, 3.63) is 91.8 Å². The minimum atomic E-state index is -4.17. The lowest BCUT2D eigenvalue weighted by atomic mass is 10.1. The summed E-state index contributed by atoms with van der Waals surface area (Å²) in [6.45, 7) is 2.13. The molecule has 0 saturated carbocycles. The molecule has 0 spiro atoms. The number of aryl methyl sites for hydroxylation is 1. The summed E-state index contributed by atoms with van der Waals surface area (Å²) in [6.07, 6.45) is 1.55. The second-order valence-corrected chi connectivity index (χ2v) is 11.6. The van der Waals surface area contributed by atoms with Gasteiger partial charge in [0.2, 0.25) is 0 Å². The Hall–Kier alpha value is -2.79. The van der Waals surface area contributed by atoms with Crippen LogP contribution in [-0.2, 0) is 21.5 Å². The highest BCUT2D eigenvalue weighted by Gasteiger charge is 2.35. The van der Waals surface area contributed by atoms with Crippen molar-refractivity contribution in [1.82, 2.24) is 4.90 Å². The maximum atomic E-state index is 12.9. The number of halogens is 2. The van der Waals surface area contributed by atoms with Gasteiger partial charge in [-0.3, -0.25) is 14.5 Å². The summed E-state index contributed by atoms with van der Waals surface area (Å²) in [6, 6.07) is 16.2. The van der Waals surface area contributed by atoms with Crippen LogP contribution in [-0.4, -0.2) is 31.6 Å². The van der Waals surface area contributed by atoms with Gasteiger partial charge in [-0.15, -0.1) is 0 Å². The van der Waals surface area contributed by atoms with Gasteiger partial charge < -0.3 is 8.92 Å². The lowest BCUT2D eigenvalue weighted by Crippen LogP contribution is -2.27. The Bertz CT molecular complexity index is 1470. The Kier molecular flexibility index (Phi) is 7.79. The number of methoxy groups -OCH3 is 1. The summed E-state index contributed by atoms with van der Waals surface area (Å²) >= 11 is 10.00. The number of carbonyl (C=O) groups excluding carboxylic acids is 2. The van der Waals surface area contributed by atoms with E-state index in [1.54, 1.807) is 12.1 Å². The van der Waals surface area contributed by atoms with E-state index in [0.29, 0.717) is 10.6 Å². The van der Waals surface area contributed by atoms with Gasteiger partial charge in [-0.25, -0.2) is 0 Å². The first kappa shape index (κ1) is 26.3. The molecule has 0 aliphatic carbocycles. The fourth-order valence-electron chi connectivity index (χ4n) is 3.33. The highest BCUT2D eigenvalue weighted by atomic mass is 79.9. The van der Waals surface area contributed by atoms with E-state index in [-0.39, 0.29) is 37.6 Å². The van der Waals surface area contributed by atoms with Crippen molar-refractivity contribution in [2.45, 2.75) is 18.4 Å². The molecule has 0 N–H and O–H groups in total. The number of hydrogen-bond donors (Lipinski definition) is 0. The van der Waals surface area contributed by atoms with Gasteiger partial charge in [0.1, 0.15) is 4.90 Å². The lowest BCUT2D eigenvalue weighted by molar-refractivity contribution is -0.123. The zero-order valence-electron chi connectivity index (χ0n) is 19.0. The van der Waals surface area contributed by atoms with E-state index >= 15 is 0 Å². The molecule has 1 aliphatic rings. The van der Waals surface area contributed by atoms with Gasteiger partial charge in [0.05, 0.1) is 23.0 Å². The number of thioether (sulfide) groups is 1. The molecule has 0 radical (unpaired) electrons. The summed E-state index contributed by atoms with van der Waals surface area (Å²) < 4.78 is 36.4. The summed E-state index contributed by atoms with van der Waals surface area (Å²) in [7, 11) is -2.81. The Morgan fingerprint density at radius 2 is 1.72 bits per heavy atom. The first-order valence-corrected chi connectivity index (χ1v) is 13.9. The number of ether oxygens (including phenoxy) is 1. The van der Waals surface area contributed by atoms with Crippen LogP contribution in [0.4, 0.5) is 4.79 Å². The van der Waals surface area contributed by atoms with E-state index in [2.05, 4.69) is 15.9 Å². The molecule has 3 aromatic carbocycles. The minimum absolute atomic E-state index is 0.0583. The summed E-state index contributed by atoms with van der Waals surface area (Å²) in [5.74, 6) is -0.351. The van der Waals surface area contributed by atoms with Crippen LogP contribution >= 0.6 is 39.3 Å². The molecule has 36 heavy (non-hydrogen) atoms. The van der Waals surface area contributed by atoms with Crippen molar-refractivity contribution in [2.75, 3.05) is 7.11 Å². The zero-order valence-corrected chi connectivity index (χ0v) is 23.0. The van der Waals surface area contributed by atoms with Gasteiger partial charge in [0.25, 0.3) is 11.1 Å². The number of carbonyl (C=O) groups is 2. The molecule has 1 saturated heterocycles. The van der Waals surface area contributed by atoms with Crippen molar-refractivity contribution in [3.8, 4) is 11.5 Å². The normalized spacial score (nSPS) is 15.0. The Labute approximate surface area is 226 Å². The van der Waals surface area contributed by atoms with Gasteiger partial charge >= 0.3 is 10.1 Å². The van der Waals surface area contributed by atoms with Crippen LogP contribution in [0.3, 0.4) is 0 Å². The molecular weight excluding hydrogens is 590 g/mol. The standard InChI is InChI=1S/C25H19BrClNO6S2/c1-15-3-5-16(6-4-15)14-28-24(29)22(35-25(28)30)13-17-11-20(26)23(21(12-17)33-2)34-36(31,32)19-9-7-18(27)8-10-19/h3-13H,14H2,1-2H3/b22-13-. The lowest BCUT2D eigenvalue weighted by Gasteiger charge is -2.14. The third-order valence-electron chi connectivity index (χ3n) is 5.18. The maximum Gasteiger partial charge on any atom is 0.339 e. The van der Waals surface area contributed by atoms with Crippen LogP contribution in [0.1, 0.15) is 16.7 Å². The Morgan fingerprint density at radius 1 is 1.06 bits per heavy atom. The fourth-order valence-corrected chi connectivity index (χ4v) is 5.90. The van der Waals surface area contributed by atoms with E-state index in [9.17, 15) is 18.0 Å². The van der Waals surface area contributed by atoms with Crippen molar-refractivity contribution in [1.29, 1.82) is 0 Å². The number of amides is 2. The Balaban J connectivity index is 1.59. The predicted octanol–water partition coefficient (Wildman–Crippen LogP) is 6.42. The molecule has 2 amide bonds. The monoisotopic (exact) mass is 607 g/mol. The van der Waals surface area contributed by atoms with E-state index in [4.69, 9.17) is 20.5 Å². The number of nitrogens with zero attached hydrogens (tertiary/aromatic N) is 1. The molecule has 4 rings (SSSR count). The molecule has 0 bridgehead atoms. The molecule has 0 atom stereocenters. The van der Waals surface area contributed by atoms with Gasteiger partial charge in [-0.05, 0) is 88.2 Å². The SMILES string of the molecule is COc1cc(/C=C2\SC(=O)N(Cc3ccc(C)cc3)C2=O)cc(Br)c1OS(=O)(=O)c1ccc(Cl)cc1. The van der Waals surface area contributed by atoms with Crippen LogP contribution in [0.15, 0.2) is 74.9 Å². The van der Waals surface area contributed by atoms with Crippen LogP contribution in [0.25, 0.3) is 6.08 Å². The molecular formula is C25H19BrClNO6S2. The van der Waals surface area contributed by atoms with Gasteiger partial charge in [-0.2, -0.15) is 8.42 Å². The van der Waals surface area contributed by atoms with E-state index in [0.717, 1.165) is 22.9 Å². The molecule has 186 valence electrons. The second kappa shape index (κ2) is 10.7. The van der Waals surface area contributed by atoms with Gasteiger partial charge in [-0.1, -0.05) is 41.4 Å². The third kappa shape index (κ3) is 5.78. The van der Waals surface area contributed by atoms with Crippen LogP contribution in [0.5, 0.6) is 11.5 Å². The van der Waals surface area contributed by atoms with Crippen LogP contribution in [0, 0.1) is 6.92 Å². The molecule has 1 fully saturated rings. The summed E-state index contributed by atoms with van der Waals surface area (Å²) in [5.41, 5.74) is 2.44. The summed E-state index contributed by atoms with van der Waals surface area (Å²) in [5, 5.41) is 0.0206. The number of rotatable bonds is 7. The average Bonchev–Trinajstić information content (AvgIpc) is 3.09. The van der Waals surface area contributed by atoms with Crippen LogP contribution in [0.2, 0.25) is 5.02 Å². The van der Waals surface area contributed by atoms with Gasteiger partial charge in [0.15, 0.2) is 11.5 Å². The second-order valence-electron chi connectivity index (χ2n) is 7.78. The molecule has 1 aliphatic heterocycles. The molecule has 0 aromatic heterocycles. The predicted molar refractivity (Wildman–Crippen MR) is 143 cm³/mol. The molecule has 0 unspecified atom stereocenters. The Morgan fingerprint density at radius 3 is 2.36 bits per heavy atom. The first-order valence-electron chi connectivity index (χ1n) is 10.5. The van der Waals surface area contributed by atoms with Gasteiger partial charge in [0, 0.05) is 5.02 Å².